The molecule has 0 heterocycles. The lowest BCUT2D eigenvalue weighted by molar-refractivity contribution is -0.123. The Bertz CT molecular complexity index is 520. The van der Waals surface area contributed by atoms with Crippen LogP contribution in [0.5, 0.6) is 0 Å². The fourth-order valence-electron chi connectivity index (χ4n) is 4.62. The van der Waals surface area contributed by atoms with E-state index >= 15 is 0 Å². The lowest BCUT2D eigenvalue weighted by Gasteiger charge is -2.31. The molecular weight excluding hydrogens is 312 g/mol. The molecule has 1 amide bonds. The average Bonchev–Trinajstić information content (AvgIpc) is 3.05. The maximum absolute atomic E-state index is 12.4. The fourth-order valence-corrected chi connectivity index (χ4v) is 5.71. The molecule has 5 unspecified atom stereocenters. The molecule has 2 rings (SSSR count). The van der Waals surface area contributed by atoms with E-state index in [-0.39, 0.29) is 30.3 Å². The van der Waals surface area contributed by atoms with Crippen LogP contribution in [-0.2, 0) is 14.6 Å². The van der Waals surface area contributed by atoms with Crippen LogP contribution < -0.4 is 5.32 Å². The van der Waals surface area contributed by atoms with E-state index in [0.29, 0.717) is 12.5 Å². The first-order valence-electron chi connectivity index (χ1n) is 8.90. The summed E-state index contributed by atoms with van der Waals surface area (Å²) in [6.07, 6.45) is 6.54. The molecule has 5 atom stereocenters. The van der Waals surface area contributed by atoms with Crippen molar-refractivity contribution in [2.75, 3.05) is 25.1 Å². The Morgan fingerprint density at radius 2 is 1.96 bits per heavy atom. The molecule has 23 heavy (non-hydrogen) atoms. The normalized spacial score (nSPS) is 29.7. The third-order valence-electron chi connectivity index (χ3n) is 5.74. The molecule has 2 saturated carbocycles. The zero-order valence-corrected chi connectivity index (χ0v) is 15.7. The third-order valence-corrected chi connectivity index (χ3v) is 6.83. The Morgan fingerprint density at radius 3 is 2.43 bits per heavy atom. The van der Waals surface area contributed by atoms with Crippen molar-refractivity contribution in [3.8, 4) is 0 Å². The highest BCUT2D eigenvalue weighted by molar-refractivity contribution is 7.90. The largest absolute Gasteiger partial charge is 0.352 e. The molecule has 0 saturated heterocycles. The van der Waals surface area contributed by atoms with E-state index in [9.17, 15) is 13.2 Å². The van der Waals surface area contributed by atoms with E-state index in [2.05, 4.69) is 12.2 Å². The second-order valence-corrected chi connectivity index (χ2v) is 9.88. The van der Waals surface area contributed by atoms with Crippen molar-refractivity contribution in [2.24, 2.45) is 17.8 Å². The first kappa shape index (κ1) is 18.7. The number of sulfone groups is 1. The molecule has 6 heteroatoms. The zero-order chi connectivity index (χ0) is 17.2. The second kappa shape index (κ2) is 7.51. The van der Waals surface area contributed by atoms with E-state index in [4.69, 9.17) is 0 Å². The maximum atomic E-state index is 12.4. The van der Waals surface area contributed by atoms with Gasteiger partial charge in [-0.05, 0) is 57.4 Å². The summed E-state index contributed by atoms with van der Waals surface area (Å²) in [5.74, 6) is 2.41. The Balaban J connectivity index is 1.82. The molecule has 2 bridgehead atoms. The van der Waals surface area contributed by atoms with Crippen LogP contribution in [0.15, 0.2) is 0 Å². The Labute approximate surface area is 141 Å². The van der Waals surface area contributed by atoms with Gasteiger partial charge in [-0.15, -0.1) is 0 Å². The number of hydrogen-bond donors (Lipinski definition) is 1. The molecule has 0 aromatic rings. The van der Waals surface area contributed by atoms with Gasteiger partial charge in [-0.3, -0.25) is 9.69 Å². The van der Waals surface area contributed by atoms with Crippen LogP contribution in [0.3, 0.4) is 0 Å². The molecule has 0 aromatic carbocycles. The van der Waals surface area contributed by atoms with Gasteiger partial charge in [0.2, 0.25) is 5.91 Å². The van der Waals surface area contributed by atoms with Gasteiger partial charge in [0.05, 0.1) is 12.3 Å². The van der Waals surface area contributed by atoms with Crippen molar-refractivity contribution in [1.82, 2.24) is 10.2 Å². The molecule has 2 aliphatic rings. The minimum atomic E-state index is -3.03. The van der Waals surface area contributed by atoms with E-state index in [1.54, 1.807) is 0 Å². The van der Waals surface area contributed by atoms with Crippen molar-refractivity contribution in [1.29, 1.82) is 0 Å². The second-order valence-electron chi connectivity index (χ2n) is 7.70. The van der Waals surface area contributed by atoms with Crippen LogP contribution in [-0.4, -0.2) is 56.4 Å². The molecule has 1 N–H and O–H groups in total. The number of hydrogen-bond acceptors (Lipinski definition) is 4. The summed E-state index contributed by atoms with van der Waals surface area (Å²) in [5.41, 5.74) is 0. The molecule has 2 fully saturated rings. The fraction of sp³-hybridized carbons (Fsp3) is 0.941. The van der Waals surface area contributed by atoms with Crippen LogP contribution in [0, 0.1) is 17.8 Å². The summed E-state index contributed by atoms with van der Waals surface area (Å²) in [6.45, 7) is 6.91. The monoisotopic (exact) mass is 344 g/mol. The van der Waals surface area contributed by atoms with Gasteiger partial charge in [-0.2, -0.15) is 0 Å². The summed E-state index contributed by atoms with van der Waals surface area (Å²) >= 11 is 0. The number of carbonyl (C=O) groups is 1. The number of rotatable bonds is 8. The standard InChI is InChI=1S/C17H32N2O3S/c1-5-19(12(2)11-23(4,21)22)10-17(20)18-13(3)16-9-14-6-7-15(16)8-14/h12-16H,5-11H2,1-4H3,(H,18,20). The summed E-state index contributed by atoms with van der Waals surface area (Å²) < 4.78 is 22.9. The van der Waals surface area contributed by atoms with Crippen molar-refractivity contribution in [2.45, 2.75) is 58.5 Å². The first-order chi connectivity index (χ1) is 10.7. The van der Waals surface area contributed by atoms with Gasteiger partial charge in [-0.25, -0.2) is 8.42 Å². The highest BCUT2D eigenvalue weighted by atomic mass is 32.2. The maximum Gasteiger partial charge on any atom is 0.234 e. The van der Waals surface area contributed by atoms with E-state index in [1.807, 2.05) is 18.7 Å². The van der Waals surface area contributed by atoms with Crippen molar-refractivity contribution >= 4 is 15.7 Å². The summed E-state index contributed by atoms with van der Waals surface area (Å²) in [6, 6.07) is 0.0836. The van der Waals surface area contributed by atoms with Gasteiger partial charge < -0.3 is 5.32 Å². The lowest BCUT2D eigenvalue weighted by atomic mass is 9.84. The van der Waals surface area contributed by atoms with E-state index < -0.39 is 9.84 Å². The minimum Gasteiger partial charge on any atom is -0.352 e. The number of carbonyl (C=O) groups excluding carboxylic acids is 1. The van der Waals surface area contributed by atoms with Gasteiger partial charge in [0.15, 0.2) is 0 Å². The Hall–Kier alpha value is -0.620. The molecule has 0 radical (unpaired) electrons. The lowest BCUT2D eigenvalue weighted by Crippen LogP contribution is -2.48. The van der Waals surface area contributed by atoms with Crippen LogP contribution >= 0.6 is 0 Å². The molecule has 5 nitrogen and oxygen atoms in total. The van der Waals surface area contributed by atoms with E-state index in [0.717, 1.165) is 11.8 Å². The molecule has 134 valence electrons. The molecule has 0 spiro atoms. The number of amides is 1. The van der Waals surface area contributed by atoms with Crippen LogP contribution in [0.4, 0.5) is 0 Å². The van der Waals surface area contributed by atoms with Crippen LogP contribution in [0.2, 0.25) is 0 Å². The Kier molecular flexibility index (Phi) is 6.11. The number of nitrogens with zero attached hydrogens (tertiary/aromatic N) is 1. The van der Waals surface area contributed by atoms with Crippen LogP contribution in [0.1, 0.15) is 46.5 Å². The third kappa shape index (κ3) is 5.18. The van der Waals surface area contributed by atoms with Crippen molar-refractivity contribution in [3.05, 3.63) is 0 Å². The summed E-state index contributed by atoms with van der Waals surface area (Å²) in [5, 5.41) is 3.16. The minimum absolute atomic E-state index is 0.0162. The smallest absolute Gasteiger partial charge is 0.234 e. The Morgan fingerprint density at radius 1 is 1.26 bits per heavy atom. The highest BCUT2D eigenvalue weighted by Crippen LogP contribution is 2.49. The number of likely N-dealkylation sites (N-methyl/N-ethyl adjacent to an activating group) is 1. The van der Waals surface area contributed by atoms with Gasteiger partial charge in [0.1, 0.15) is 9.84 Å². The van der Waals surface area contributed by atoms with Gasteiger partial charge >= 0.3 is 0 Å². The predicted octanol–water partition coefficient (Wildman–Crippen LogP) is 1.68. The average molecular weight is 345 g/mol. The van der Waals surface area contributed by atoms with E-state index in [1.165, 1.54) is 31.9 Å². The van der Waals surface area contributed by atoms with Crippen molar-refractivity contribution in [3.63, 3.8) is 0 Å². The molecule has 2 aliphatic carbocycles. The van der Waals surface area contributed by atoms with Gasteiger partial charge in [0.25, 0.3) is 0 Å². The number of nitrogens with one attached hydrogen (secondary N) is 1. The van der Waals surface area contributed by atoms with Crippen LogP contribution in [0.25, 0.3) is 0 Å². The van der Waals surface area contributed by atoms with Crippen molar-refractivity contribution < 1.29 is 13.2 Å². The molecule has 0 aliphatic heterocycles. The SMILES string of the molecule is CCN(CC(=O)NC(C)C1CC2CCC1C2)C(C)CS(C)(=O)=O. The predicted molar refractivity (Wildman–Crippen MR) is 93.0 cm³/mol. The first-order valence-corrected chi connectivity index (χ1v) is 11.0. The summed E-state index contributed by atoms with van der Waals surface area (Å²) in [7, 11) is -3.03. The summed E-state index contributed by atoms with van der Waals surface area (Å²) in [4.78, 5) is 14.3. The topological polar surface area (TPSA) is 66.5 Å². The quantitative estimate of drug-likeness (QED) is 0.727. The highest BCUT2D eigenvalue weighted by Gasteiger charge is 2.42. The van der Waals surface area contributed by atoms with Gasteiger partial charge in [0, 0.05) is 18.3 Å². The van der Waals surface area contributed by atoms with Gasteiger partial charge in [-0.1, -0.05) is 13.3 Å². The molecular formula is C17H32N2O3S. The molecule has 0 aromatic heterocycles. The zero-order valence-electron chi connectivity index (χ0n) is 14.9. The number of fused-ring (bicyclic) bond motifs is 2.